The van der Waals surface area contributed by atoms with E-state index in [1.807, 2.05) is 6.07 Å². The number of nitrogens with two attached hydrogens (primary N) is 1. The van der Waals surface area contributed by atoms with Crippen LogP contribution in [0.15, 0.2) is 15.9 Å². The van der Waals surface area contributed by atoms with Crippen LogP contribution in [0.1, 0.15) is 10.7 Å². The second-order valence-corrected chi connectivity index (χ2v) is 5.26. The van der Waals surface area contributed by atoms with E-state index in [2.05, 4.69) is 36.6 Å². The minimum absolute atomic E-state index is 0.318. The molecule has 82 valence electrons. The third kappa shape index (κ3) is 2.34. The van der Waals surface area contributed by atoms with Crippen molar-refractivity contribution < 1.29 is 4.79 Å². The van der Waals surface area contributed by atoms with Gasteiger partial charge >= 0.3 is 0 Å². The van der Waals surface area contributed by atoms with Crippen LogP contribution in [-0.2, 0) is 4.79 Å². The normalized spacial score (nSPS) is 11.7. The predicted molar refractivity (Wildman–Crippen MR) is 63.3 cm³/mol. The lowest BCUT2D eigenvalue weighted by Crippen LogP contribution is -2.12. The second kappa shape index (κ2) is 4.54. The van der Waals surface area contributed by atoms with Gasteiger partial charge in [-0.3, -0.25) is 4.79 Å². The summed E-state index contributed by atoms with van der Waals surface area (Å²) in [7, 11) is 0. The smallest absolute Gasteiger partial charge is 0.250 e. The van der Waals surface area contributed by atoms with Gasteiger partial charge in [0.15, 0.2) is 5.82 Å². The number of nitrogens with zero attached hydrogens (tertiary/aromatic N) is 3. The van der Waals surface area contributed by atoms with E-state index in [0.717, 1.165) is 8.66 Å². The Bertz CT molecular complexity index is 532. The second-order valence-electron chi connectivity index (χ2n) is 2.80. The number of primary amides is 1. The molecular weight excluding hydrogens is 294 g/mol. The van der Waals surface area contributed by atoms with E-state index in [1.165, 1.54) is 17.4 Å². The number of carbonyl (C=O) groups excluding carboxylic acids is 1. The maximum absolute atomic E-state index is 11.3. The molecule has 0 spiro atoms. The molecule has 2 aromatic rings. The fraction of sp³-hybridized carbons (Fsp3) is 0. The molecule has 0 aliphatic carbocycles. The highest BCUT2D eigenvalue weighted by Crippen LogP contribution is 2.28. The van der Waals surface area contributed by atoms with Gasteiger partial charge in [-0.15, -0.1) is 21.5 Å². The molecule has 6 nitrogen and oxygen atoms in total. The molecule has 0 atom stereocenters. The maximum Gasteiger partial charge on any atom is 0.250 e. The third-order valence-corrected chi connectivity index (χ3v) is 3.40. The van der Waals surface area contributed by atoms with Gasteiger partial charge in [-0.2, -0.15) is 5.21 Å². The molecule has 0 saturated heterocycles. The zero-order chi connectivity index (χ0) is 11.5. The quantitative estimate of drug-likeness (QED) is 0.828. The fourth-order valence-electron chi connectivity index (χ4n) is 1.08. The standard InChI is InChI=1S/C8H6BrN5OS/c9-6-2-1-5(16-6)4(8(10)15)3-7-11-13-14-12-7/h1-3H,(H2,10,15)(H,11,12,13,14). The third-order valence-electron chi connectivity index (χ3n) is 1.74. The first-order chi connectivity index (χ1) is 7.66. The van der Waals surface area contributed by atoms with Gasteiger partial charge in [-0.25, -0.2) is 0 Å². The van der Waals surface area contributed by atoms with Crippen molar-refractivity contribution in [1.29, 1.82) is 0 Å². The van der Waals surface area contributed by atoms with Crippen molar-refractivity contribution in [3.8, 4) is 0 Å². The molecular formula is C8H6BrN5OS. The number of aromatic nitrogens is 4. The van der Waals surface area contributed by atoms with Crippen molar-refractivity contribution in [1.82, 2.24) is 20.6 Å². The lowest BCUT2D eigenvalue weighted by Gasteiger charge is -1.97. The SMILES string of the molecule is NC(=O)C(=Cc1nn[nH]n1)c1ccc(Br)s1. The molecule has 0 aromatic carbocycles. The Hall–Kier alpha value is -1.54. The van der Waals surface area contributed by atoms with Crippen LogP contribution in [0.4, 0.5) is 0 Å². The van der Waals surface area contributed by atoms with Gasteiger partial charge < -0.3 is 5.73 Å². The summed E-state index contributed by atoms with van der Waals surface area (Å²) in [4.78, 5) is 12.0. The van der Waals surface area contributed by atoms with Gasteiger partial charge in [-0.05, 0) is 33.3 Å². The highest BCUT2D eigenvalue weighted by Gasteiger charge is 2.12. The highest BCUT2D eigenvalue weighted by atomic mass is 79.9. The van der Waals surface area contributed by atoms with E-state index in [-0.39, 0.29) is 0 Å². The number of H-pyrrole nitrogens is 1. The number of tetrazole rings is 1. The largest absolute Gasteiger partial charge is 0.366 e. The number of hydrogen-bond donors (Lipinski definition) is 2. The lowest BCUT2D eigenvalue weighted by atomic mass is 10.2. The Morgan fingerprint density at radius 1 is 1.56 bits per heavy atom. The van der Waals surface area contributed by atoms with Gasteiger partial charge in [0.1, 0.15) is 0 Å². The summed E-state index contributed by atoms with van der Waals surface area (Å²) in [5.41, 5.74) is 5.65. The fourth-order valence-corrected chi connectivity index (χ4v) is 2.49. The van der Waals surface area contributed by atoms with Crippen molar-refractivity contribution in [2.24, 2.45) is 5.73 Å². The first kappa shape index (κ1) is 11.0. The van der Waals surface area contributed by atoms with Gasteiger partial charge in [-0.1, -0.05) is 0 Å². The number of halogens is 1. The predicted octanol–water partition coefficient (Wildman–Crippen LogP) is 1.05. The molecule has 16 heavy (non-hydrogen) atoms. The van der Waals surface area contributed by atoms with Gasteiger partial charge in [0.05, 0.1) is 9.36 Å². The molecule has 2 heterocycles. The number of rotatable bonds is 3. The monoisotopic (exact) mass is 299 g/mol. The maximum atomic E-state index is 11.3. The van der Waals surface area contributed by atoms with E-state index in [1.54, 1.807) is 6.07 Å². The number of carbonyl (C=O) groups is 1. The summed E-state index contributed by atoms with van der Waals surface area (Å²) in [6.07, 6.45) is 1.49. The minimum atomic E-state index is -0.529. The average Bonchev–Trinajstić information content (AvgIpc) is 2.84. The van der Waals surface area contributed by atoms with Crippen LogP contribution in [0.25, 0.3) is 11.6 Å². The van der Waals surface area contributed by atoms with Crippen molar-refractivity contribution in [3.63, 3.8) is 0 Å². The Morgan fingerprint density at radius 3 is 2.88 bits per heavy atom. The zero-order valence-corrected chi connectivity index (χ0v) is 10.2. The van der Waals surface area contributed by atoms with E-state index in [0.29, 0.717) is 11.4 Å². The summed E-state index contributed by atoms with van der Waals surface area (Å²) >= 11 is 4.72. The zero-order valence-electron chi connectivity index (χ0n) is 7.85. The molecule has 0 saturated carbocycles. The van der Waals surface area contributed by atoms with E-state index in [9.17, 15) is 4.79 Å². The van der Waals surface area contributed by atoms with Gasteiger partial charge in [0.25, 0.3) is 0 Å². The molecule has 3 N–H and O–H groups in total. The molecule has 1 amide bonds. The van der Waals surface area contributed by atoms with E-state index in [4.69, 9.17) is 5.73 Å². The summed E-state index contributed by atoms with van der Waals surface area (Å²) in [6.45, 7) is 0. The minimum Gasteiger partial charge on any atom is -0.366 e. The van der Waals surface area contributed by atoms with Crippen LogP contribution < -0.4 is 5.73 Å². The Balaban J connectivity index is 2.42. The summed E-state index contributed by atoms with van der Waals surface area (Å²) in [5, 5.41) is 13.2. The van der Waals surface area contributed by atoms with Crippen LogP contribution in [0.5, 0.6) is 0 Å². The van der Waals surface area contributed by atoms with Gasteiger partial charge in [0, 0.05) is 11.0 Å². The molecule has 0 unspecified atom stereocenters. The van der Waals surface area contributed by atoms with Crippen molar-refractivity contribution >= 4 is 44.8 Å². The first-order valence-electron chi connectivity index (χ1n) is 4.17. The Morgan fingerprint density at radius 2 is 2.38 bits per heavy atom. The molecule has 0 bridgehead atoms. The number of aromatic amines is 1. The molecule has 8 heteroatoms. The molecule has 0 radical (unpaired) electrons. The van der Waals surface area contributed by atoms with Crippen LogP contribution in [-0.4, -0.2) is 26.5 Å². The van der Waals surface area contributed by atoms with Crippen molar-refractivity contribution in [3.05, 3.63) is 26.6 Å². The lowest BCUT2D eigenvalue weighted by molar-refractivity contribution is -0.112. The van der Waals surface area contributed by atoms with Crippen molar-refractivity contribution in [2.45, 2.75) is 0 Å². The number of hydrogen-bond acceptors (Lipinski definition) is 5. The van der Waals surface area contributed by atoms with Crippen LogP contribution in [0.3, 0.4) is 0 Å². The Kier molecular flexibility index (Phi) is 3.11. The van der Waals surface area contributed by atoms with Gasteiger partial charge in [0.2, 0.25) is 5.91 Å². The van der Waals surface area contributed by atoms with Crippen molar-refractivity contribution in [2.75, 3.05) is 0 Å². The van der Waals surface area contributed by atoms with E-state index < -0.39 is 5.91 Å². The number of amides is 1. The molecule has 2 aromatic heterocycles. The number of nitrogens with one attached hydrogen (secondary N) is 1. The highest BCUT2D eigenvalue weighted by molar-refractivity contribution is 9.11. The molecule has 0 aliphatic heterocycles. The topological polar surface area (TPSA) is 97.5 Å². The van der Waals surface area contributed by atoms with E-state index >= 15 is 0 Å². The average molecular weight is 300 g/mol. The van der Waals surface area contributed by atoms with Crippen LogP contribution in [0, 0.1) is 0 Å². The Labute approximate surface area is 103 Å². The van der Waals surface area contributed by atoms with Crippen LogP contribution >= 0.6 is 27.3 Å². The van der Waals surface area contributed by atoms with Crippen LogP contribution in [0.2, 0.25) is 0 Å². The molecule has 0 aliphatic rings. The number of thiophene rings is 1. The summed E-state index contributed by atoms with van der Waals surface area (Å²) in [5.74, 6) is -0.211. The summed E-state index contributed by atoms with van der Waals surface area (Å²) in [6, 6.07) is 3.64. The molecule has 2 rings (SSSR count). The summed E-state index contributed by atoms with van der Waals surface area (Å²) < 4.78 is 0.919. The molecule has 0 fully saturated rings. The first-order valence-corrected chi connectivity index (χ1v) is 5.78.